The number of pyridine rings is 1. The maximum Gasteiger partial charge on any atom is 0.201 e. The molecule has 2 N–H and O–H groups in total. The van der Waals surface area contributed by atoms with E-state index in [2.05, 4.69) is 31.2 Å². The first-order chi connectivity index (χ1) is 11.7. The minimum Gasteiger partial charge on any atom is -0.504 e. The highest BCUT2D eigenvalue weighted by Gasteiger charge is 2.15. The second-order valence-electron chi connectivity index (χ2n) is 5.22. The van der Waals surface area contributed by atoms with Gasteiger partial charge in [0.05, 0.1) is 0 Å². The van der Waals surface area contributed by atoms with Crippen molar-refractivity contribution in [3.8, 4) is 5.75 Å². The number of anilines is 2. The van der Waals surface area contributed by atoms with Gasteiger partial charge in [0.2, 0.25) is 5.88 Å². The number of aliphatic imine (C=N–C) groups is 1. The number of rotatable bonds is 3. The molecule has 3 aromatic rings. The van der Waals surface area contributed by atoms with Crippen molar-refractivity contribution in [3.05, 3.63) is 64.5 Å². The third-order valence-corrected chi connectivity index (χ3v) is 4.09. The summed E-state index contributed by atoms with van der Waals surface area (Å²) < 4.78 is 6.69. The zero-order valence-electron chi connectivity index (χ0n) is 12.4. The fraction of sp³-hybridized carbons (Fsp3) is 0. The van der Waals surface area contributed by atoms with Gasteiger partial charge in [-0.05, 0) is 42.5 Å². The van der Waals surface area contributed by atoms with Crippen LogP contribution in [0.3, 0.4) is 0 Å². The number of hydrogen-bond acceptors (Lipinski definition) is 5. The molecule has 2 aromatic heterocycles. The number of nitrogens with zero attached hydrogens (tertiary/aromatic N) is 2. The van der Waals surface area contributed by atoms with Crippen LogP contribution in [0.15, 0.2) is 62.5 Å². The molecule has 0 fully saturated rings. The van der Waals surface area contributed by atoms with E-state index in [9.17, 15) is 5.11 Å². The normalized spacial score (nSPS) is 14.1. The van der Waals surface area contributed by atoms with Crippen molar-refractivity contribution < 1.29 is 9.52 Å². The molecule has 1 aliphatic heterocycles. The Morgan fingerprint density at radius 3 is 2.83 bits per heavy atom. The Morgan fingerprint density at radius 2 is 2.00 bits per heavy atom. The van der Waals surface area contributed by atoms with Gasteiger partial charge in [0.1, 0.15) is 0 Å². The van der Waals surface area contributed by atoms with Crippen LogP contribution in [0.5, 0.6) is 5.75 Å². The van der Waals surface area contributed by atoms with Crippen LogP contribution in [0.2, 0.25) is 0 Å². The van der Waals surface area contributed by atoms with Crippen LogP contribution in [-0.4, -0.2) is 16.3 Å². The molecule has 0 unspecified atom stereocenters. The van der Waals surface area contributed by atoms with Gasteiger partial charge in [-0.15, -0.1) is 0 Å². The largest absolute Gasteiger partial charge is 0.504 e. The number of fused-ring (bicyclic) bond motifs is 1. The maximum absolute atomic E-state index is 10.1. The lowest BCUT2D eigenvalue weighted by atomic mass is 10.1. The SMILES string of the molecule is Oc1cc(Nc2ccc(Br)cc2)oc1C=C1C=Nc2ncccc21. The summed E-state index contributed by atoms with van der Waals surface area (Å²) in [5, 5.41) is 13.2. The highest BCUT2D eigenvalue weighted by atomic mass is 79.9. The first kappa shape index (κ1) is 14.7. The molecule has 0 aliphatic carbocycles. The molecule has 0 saturated heterocycles. The molecule has 0 atom stereocenters. The number of hydrogen-bond donors (Lipinski definition) is 2. The van der Waals surface area contributed by atoms with E-state index in [0.717, 1.165) is 21.3 Å². The average molecular weight is 382 g/mol. The highest BCUT2D eigenvalue weighted by Crippen LogP contribution is 2.35. The van der Waals surface area contributed by atoms with Gasteiger partial charge in [-0.1, -0.05) is 15.9 Å². The van der Waals surface area contributed by atoms with Crippen LogP contribution >= 0.6 is 15.9 Å². The topological polar surface area (TPSA) is 70.7 Å². The lowest BCUT2D eigenvalue weighted by molar-refractivity contribution is 0.456. The second-order valence-corrected chi connectivity index (χ2v) is 6.14. The number of aromatic hydroxyl groups is 1. The monoisotopic (exact) mass is 381 g/mol. The van der Waals surface area contributed by atoms with Crippen molar-refractivity contribution in [1.29, 1.82) is 0 Å². The van der Waals surface area contributed by atoms with Crippen LogP contribution < -0.4 is 5.32 Å². The number of allylic oxidation sites excluding steroid dienone is 1. The zero-order chi connectivity index (χ0) is 16.5. The predicted octanol–water partition coefficient (Wildman–Crippen LogP) is 5.14. The number of nitrogens with one attached hydrogen (secondary N) is 1. The van der Waals surface area contributed by atoms with Gasteiger partial charge < -0.3 is 14.8 Å². The van der Waals surface area contributed by atoms with Gasteiger partial charge >= 0.3 is 0 Å². The van der Waals surface area contributed by atoms with Crippen molar-refractivity contribution >= 4 is 51.2 Å². The summed E-state index contributed by atoms with van der Waals surface area (Å²) in [4.78, 5) is 8.44. The Bertz CT molecular complexity index is 959. The van der Waals surface area contributed by atoms with Crippen molar-refractivity contribution in [2.24, 2.45) is 4.99 Å². The number of furan rings is 1. The fourth-order valence-corrected chi connectivity index (χ4v) is 2.68. The predicted molar refractivity (Wildman–Crippen MR) is 98.1 cm³/mol. The van der Waals surface area contributed by atoms with Gasteiger partial charge in [0.15, 0.2) is 17.3 Å². The lowest BCUT2D eigenvalue weighted by Crippen LogP contribution is -1.86. The van der Waals surface area contributed by atoms with Gasteiger partial charge in [0.25, 0.3) is 0 Å². The summed E-state index contributed by atoms with van der Waals surface area (Å²) in [6.07, 6.45) is 5.16. The van der Waals surface area contributed by atoms with Crippen LogP contribution in [0.25, 0.3) is 11.6 Å². The van der Waals surface area contributed by atoms with Crippen LogP contribution in [0, 0.1) is 0 Å². The first-order valence-corrected chi connectivity index (χ1v) is 8.05. The van der Waals surface area contributed by atoms with E-state index in [1.807, 2.05) is 36.4 Å². The van der Waals surface area contributed by atoms with Crippen molar-refractivity contribution in [2.45, 2.75) is 0 Å². The van der Waals surface area contributed by atoms with Crippen molar-refractivity contribution in [3.63, 3.8) is 0 Å². The molecule has 0 spiro atoms. The van der Waals surface area contributed by atoms with Gasteiger partial charge in [0, 0.05) is 39.8 Å². The molecule has 6 heteroatoms. The summed E-state index contributed by atoms with van der Waals surface area (Å²) in [5.74, 6) is 1.56. The standard InChI is InChI=1S/C18H12BrN3O2/c19-12-3-5-13(6-4-12)22-17-9-15(23)16(24-17)8-11-10-21-18-14(11)2-1-7-20-18/h1-10,22-23H. The van der Waals surface area contributed by atoms with Crippen LogP contribution in [-0.2, 0) is 0 Å². The molecule has 24 heavy (non-hydrogen) atoms. The smallest absolute Gasteiger partial charge is 0.201 e. The van der Waals surface area contributed by atoms with Crippen LogP contribution in [0.4, 0.5) is 17.4 Å². The Balaban J connectivity index is 1.62. The molecular weight excluding hydrogens is 370 g/mol. The maximum atomic E-state index is 10.1. The first-order valence-electron chi connectivity index (χ1n) is 7.25. The van der Waals surface area contributed by atoms with E-state index >= 15 is 0 Å². The average Bonchev–Trinajstić information content (AvgIpc) is 3.14. The van der Waals surface area contributed by atoms with Crippen molar-refractivity contribution in [2.75, 3.05) is 5.32 Å². The lowest BCUT2D eigenvalue weighted by Gasteiger charge is -2.02. The van der Waals surface area contributed by atoms with Gasteiger partial charge in [-0.25, -0.2) is 9.98 Å². The molecule has 118 valence electrons. The van der Waals surface area contributed by atoms with Crippen LogP contribution in [0.1, 0.15) is 11.3 Å². The summed E-state index contributed by atoms with van der Waals surface area (Å²) >= 11 is 3.39. The Kier molecular flexibility index (Phi) is 3.66. The Morgan fingerprint density at radius 1 is 1.17 bits per heavy atom. The molecule has 1 aromatic carbocycles. The number of aromatic nitrogens is 1. The van der Waals surface area contributed by atoms with E-state index in [1.54, 1.807) is 24.6 Å². The molecule has 0 radical (unpaired) electrons. The summed E-state index contributed by atoms with van der Waals surface area (Å²) in [6.45, 7) is 0. The van der Waals surface area contributed by atoms with E-state index in [4.69, 9.17) is 4.42 Å². The molecule has 1 aliphatic rings. The fourth-order valence-electron chi connectivity index (χ4n) is 2.42. The molecule has 0 bridgehead atoms. The summed E-state index contributed by atoms with van der Waals surface area (Å²) in [7, 11) is 0. The minimum atomic E-state index is 0.0628. The third-order valence-electron chi connectivity index (χ3n) is 3.56. The molecule has 5 nitrogen and oxygen atoms in total. The number of halogens is 1. The van der Waals surface area contributed by atoms with E-state index < -0.39 is 0 Å². The highest BCUT2D eigenvalue weighted by molar-refractivity contribution is 9.10. The molecule has 3 heterocycles. The Labute approximate surface area is 146 Å². The third kappa shape index (κ3) is 2.83. The van der Waals surface area contributed by atoms with E-state index in [1.165, 1.54) is 0 Å². The van der Waals surface area contributed by atoms with Gasteiger partial charge in [-0.2, -0.15) is 0 Å². The zero-order valence-corrected chi connectivity index (χ0v) is 14.0. The molecule has 0 amide bonds. The van der Waals surface area contributed by atoms with E-state index in [-0.39, 0.29) is 5.75 Å². The number of benzene rings is 1. The molecule has 4 rings (SSSR count). The van der Waals surface area contributed by atoms with Gasteiger partial charge in [-0.3, -0.25) is 0 Å². The van der Waals surface area contributed by atoms with Crippen molar-refractivity contribution in [1.82, 2.24) is 4.98 Å². The quantitative estimate of drug-likeness (QED) is 0.658. The second kappa shape index (κ2) is 5.98. The Hall–Kier alpha value is -2.86. The molecule has 0 saturated carbocycles. The molecular formula is C18H12BrN3O2. The van der Waals surface area contributed by atoms with E-state index in [0.29, 0.717) is 17.5 Å². The minimum absolute atomic E-state index is 0.0628. The summed E-state index contributed by atoms with van der Waals surface area (Å²) in [5.41, 5.74) is 2.62. The summed E-state index contributed by atoms with van der Waals surface area (Å²) in [6, 6.07) is 13.0.